The normalized spacial score (nSPS) is 13.3. The summed E-state index contributed by atoms with van der Waals surface area (Å²) >= 11 is 0. The molecule has 6 N–H and O–H groups in total. The number of rotatable bonds is 10. The van der Waals surface area contributed by atoms with Crippen LogP contribution in [0.15, 0.2) is 72.8 Å². The molecule has 4 aromatic carbocycles. The average Bonchev–Trinajstić information content (AvgIpc) is 3.44. The van der Waals surface area contributed by atoms with Gasteiger partial charge < -0.3 is 26.4 Å². The van der Waals surface area contributed by atoms with E-state index in [4.69, 9.17) is 20.9 Å². The van der Waals surface area contributed by atoms with Gasteiger partial charge in [0.2, 0.25) is 0 Å². The van der Waals surface area contributed by atoms with E-state index in [0.717, 1.165) is 110 Å². The summed E-state index contributed by atoms with van der Waals surface area (Å²) in [6.07, 6.45) is 3.48. The third kappa shape index (κ3) is 14.8. The third-order valence-corrected chi connectivity index (χ3v) is 9.43. The van der Waals surface area contributed by atoms with E-state index in [9.17, 15) is 20.2 Å². The zero-order valence-corrected chi connectivity index (χ0v) is 34.2. The molecule has 6 rings (SSSR count). The Balaban J connectivity index is 0.000000972. The summed E-state index contributed by atoms with van der Waals surface area (Å²) in [5.74, 6) is 1.67. The summed E-state index contributed by atoms with van der Waals surface area (Å²) in [6.45, 7) is 10.5. The summed E-state index contributed by atoms with van der Waals surface area (Å²) in [6, 6.07) is 21.8. The Labute approximate surface area is 347 Å². The van der Waals surface area contributed by atoms with Crippen molar-refractivity contribution < 1.29 is 24.8 Å². The molecule has 0 saturated heterocycles. The quantitative estimate of drug-likeness (QED) is 0.0975. The molecule has 0 spiro atoms. The van der Waals surface area contributed by atoms with Crippen LogP contribution >= 0.6 is 49.6 Å². The van der Waals surface area contributed by atoms with E-state index in [1.165, 1.54) is 11.1 Å². The van der Waals surface area contributed by atoms with Crippen LogP contribution in [0.4, 0.5) is 22.7 Å². The largest absolute Gasteiger partial charge is 0.492 e. The topological polar surface area (TPSA) is 195 Å². The first-order chi connectivity index (χ1) is 24.0. The van der Waals surface area contributed by atoms with Gasteiger partial charge in [-0.3, -0.25) is 30.0 Å². The van der Waals surface area contributed by atoms with Crippen LogP contribution in [0.5, 0.6) is 11.5 Å². The van der Waals surface area contributed by atoms with E-state index in [-0.39, 0.29) is 76.3 Å². The molecule has 304 valence electrons. The molecule has 0 fully saturated rings. The van der Waals surface area contributed by atoms with Gasteiger partial charge in [-0.25, -0.2) is 0 Å². The van der Waals surface area contributed by atoms with Crippen molar-refractivity contribution in [1.82, 2.24) is 9.80 Å². The first-order valence-corrected chi connectivity index (χ1v) is 17.0. The molecule has 2 heterocycles. The maximum absolute atomic E-state index is 10.9. The minimum absolute atomic E-state index is 0. The van der Waals surface area contributed by atoms with Gasteiger partial charge in [0.05, 0.1) is 9.85 Å². The van der Waals surface area contributed by atoms with Crippen molar-refractivity contribution in [2.24, 2.45) is 0 Å². The van der Waals surface area contributed by atoms with Crippen LogP contribution in [0.2, 0.25) is 0 Å². The SMILES string of the molecule is Cc1cc(OCCN2CCc3ccc([N+](=O)[O-])cc3CC2)ccc1N.Cc1cc(OCCN2CCc3ccc([N+](=O)[O-])cc3CC2)ccc1N.Cl.Cl.Cl.Cl.O. The Morgan fingerprint density at radius 3 is 1.24 bits per heavy atom. The van der Waals surface area contributed by atoms with Crippen molar-refractivity contribution in [3.63, 3.8) is 0 Å². The van der Waals surface area contributed by atoms with Crippen molar-refractivity contribution >= 4 is 72.4 Å². The van der Waals surface area contributed by atoms with Gasteiger partial charge in [-0.1, -0.05) is 12.1 Å². The molecule has 0 unspecified atom stereocenters. The fraction of sp³-hybridized carbons (Fsp3) is 0.368. The number of nitrogen functional groups attached to an aromatic ring is 2. The van der Waals surface area contributed by atoms with Crippen LogP contribution in [0.1, 0.15) is 33.4 Å². The Kier molecular flexibility index (Phi) is 22.6. The van der Waals surface area contributed by atoms with Gasteiger partial charge in [0.1, 0.15) is 24.7 Å². The van der Waals surface area contributed by atoms with Gasteiger partial charge in [-0.15, -0.1) is 49.6 Å². The number of nitrogens with two attached hydrogens (primary N) is 2. The van der Waals surface area contributed by atoms with Gasteiger partial charge in [0, 0.05) is 74.9 Å². The number of ether oxygens (including phenoxy) is 2. The summed E-state index contributed by atoms with van der Waals surface area (Å²) in [7, 11) is 0. The predicted molar refractivity (Wildman–Crippen MR) is 229 cm³/mol. The molecule has 0 bridgehead atoms. The van der Waals surface area contributed by atoms with Crippen LogP contribution in [-0.4, -0.2) is 77.6 Å². The number of fused-ring (bicyclic) bond motifs is 2. The molecular formula is C38H52Cl4N6O7. The standard InChI is InChI=1S/2C19H23N3O3.4ClH.H2O/c2*1-14-12-18(4-5-19(14)20)25-11-10-21-8-6-15-2-3-17(22(23)24)13-16(15)7-9-21;;;;;/h2*2-5,12-13H,6-11,20H2,1H3;4*1H;1H2. The van der Waals surface area contributed by atoms with Gasteiger partial charge in [0.25, 0.3) is 11.4 Å². The highest BCUT2D eigenvalue weighted by Gasteiger charge is 2.18. The minimum Gasteiger partial charge on any atom is -0.492 e. The molecule has 2 aliphatic heterocycles. The number of anilines is 2. The number of benzene rings is 4. The molecular weight excluding hydrogens is 794 g/mol. The summed E-state index contributed by atoms with van der Waals surface area (Å²) < 4.78 is 11.7. The number of nitro benzene ring substituents is 2. The molecule has 13 nitrogen and oxygen atoms in total. The molecule has 0 aromatic heterocycles. The lowest BCUT2D eigenvalue weighted by atomic mass is 10.0. The van der Waals surface area contributed by atoms with Crippen molar-refractivity contribution in [2.75, 3.05) is 63.9 Å². The van der Waals surface area contributed by atoms with Crippen molar-refractivity contribution in [3.8, 4) is 11.5 Å². The Morgan fingerprint density at radius 2 is 0.909 bits per heavy atom. The van der Waals surface area contributed by atoms with Crippen molar-refractivity contribution in [3.05, 3.63) is 126 Å². The number of nitrogens with zero attached hydrogens (tertiary/aromatic N) is 4. The Bertz CT molecular complexity index is 1710. The number of aryl methyl sites for hydroxylation is 2. The minimum atomic E-state index is -0.328. The Hall–Kier alpha value is -4.08. The molecule has 0 radical (unpaired) electrons. The van der Waals surface area contributed by atoms with Crippen LogP contribution in [-0.2, 0) is 25.7 Å². The lowest BCUT2D eigenvalue weighted by molar-refractivity contribution is -0.385. The molecule has 55 heavy (non-hydrogen) atoms. The molecule has 2 aliphatic rings. The highest BCUT2D eigenvalue weighted by Crippen LogP contribution is 2.24. The molecule has 0 amide bonds. The Morgan fingerprint density at radius 1 is 0.564 bits per heavy atom. The fourth-order valence-corrected chi connectivity index (χ4v) is 6.25. The zero-order chi connectivity index (χ0) is 35.6. The van der Waals surface area contributed by atoms with Gasteiger partial charge in [0.15, 0.2) is 0 Å². The van der Waals surface area contributed by atoms with E-state index in [1.54, 1.807) is 24.3 Å². The second-order valence-electron chi connectivity index (χ2n) is 12.8. The number of non-ortho nitro benzene ring substituents is 2. The fourth-order valence-electron chi connectivity index (χ4n) is 6.25. The average molecular weight is 847 g/mol. The van der Waals surface area contributed by atoms with Crippen molar-refractivity contribution in [1.29, 1.82) is 0 Å². The second-order valence-corrected chi connectivity index (χ2v) is 12.8. The number of hydrogen-bond donors (Lipinski definition) is 2. The number of nitro groups is 2. The van der Waals surface area contributed by atoms with E-state index < -0.39 is 0 Å². The summed E-state index contributed by atoms with van der Waals surface area (Å²) in [4.78, 5) is 25.9. The molecule has 0 aliphatic carbocycles. The van der Waals surface area contributed by atoms with Gasteiger partial charge in [-0.05, 0) is 109 Å². The number of halogens is 4. The highest BCUT2D eigenvalue weighted by molar-refractivity contribution is 5.86. The monoisotopic (exact) mass is 844 g/mol. The second kappa shape index (κ2) is 24.4. The maximum atomic E-state index is 10.9. The van der Waals surface area contributed by atoms with Crippen LogP contribution in [0.25, 0.3) is 0 Å². The first kappa shape index (κ1) is 50.9. The van der Waals surface area contributed by atoms with Crippen LogP contribution in [0.3, 0.4) is 0 Å². The maximum Gasteiger partial charge on any atom is 0.269 e. The van der Waals surface area contributed by atoms with Gasteiger partial charge in [-0.2, -0.15) is 0 Å². The smallest absolute Gasteiger partial charge is 0.269 e. The van der Waals surface area contributed by atoms with E-state index in [1.807, 2.05) is 62.4 Å². The number of hydrogen-bond acceptors (Lipinski definition) is 10. The first-order valence-electron chi connectivity index (χ1n) is 17.0. The van der Waals surface area contributed by atoms with E-state index in [2.05, 4.69) is 9.80 Å². The van der Waals surface area contributed by atoms with E-state index >= 15 is 0 Å². The summed E-state index contributed by atoms with van der Waals surface area (Å²) in [5, 5.41) is 21.9. The third-order valence-electron chi connectivity index (χ3n) is 9.43. The van der Waals surface area contributed by atoms with Crippen LogP contribution in [0, 0.1) is 34.1 Å². The van der Waals surface area contributed by atoms with Crippen LogP contribution < -0.4 is 20.9 Å². The predicted octanol–water partition coefficient (Wildman–Crippen LogP) is 6.79. The molecule has 17 heteroatoms. The highest BCUT2D eigenvalue weighted by atomic mass is 35.5. The van der Waals surface area contributed by atoms with Crippen molar-refractivity contribution in [2.45, 2.75) is 39.5 Å². The van der Waals surface area contributed by atoms with E-state index in [0.29, 0.717) is 13.2 Å². The van der Waals surface area contributed by atoms with Gasteiger partial charge >= 0.3 is 0 Å². The lowest BCUT2D eigenvalue weighted by Gasteiger charge is -2.20. The molecule has 0 saturated carbocycles. The summed E-state index contributed by atoms with van der Waals surface area (Å²) in [5.41, 5.74) is 20.2. The molecule has 0 atom stereocenters. The zero-order valence-electron chi connectivity index (χ0n) is 30.9. The molecule has 4 aromatic rings. The lowest BCUT2D eigenvalue weighted by Crippen LogP contribution is -2.30.